The van der Waals surface area contributed by atoms with Crippen LogP contribution in [0, 0.1) is 0 Å². The zero-order valence-corrected chi connectivity index (χ0v) is 19.9. The lowest BCUT2D eigenvalue weighted by atomic mass is 10.1. The van der Waals surface area contributed by atoms with E-state index in [0.29, 0.717) is 0 Å². The van der Waals surface area contributed by atoms with Crippen molar-refractivity contribution < 1.29 is 0 Å². The standard InChI is InChI=1S/C29H28NPS/c1-25(31(32,28-18-10-4-11-19-28)29-20-12-5-13-21-29)22-30(23-26-14-6-2-7-15-26)24-27-16-8-3-9-17-27/h2-21H,1,22-24H2. The van der Waals surface area contributed by atoms with E-state index in [1.807, 2.05) is 12.1 Å². The second kappa shape index (κ2) is 10.7. The second-order valence-electron chi connectivity index (χ2n) is 7.96. The van der Waals surface area contributed by atoms with Gasteiger partial charge in [0.25, 0.3) is 0 Å². The molecule has 0 spiro atoms. The molecule has 4 rings (SSSR count). The molecule has 4 aromatic carbocycles. The third-order valence-corrected chi connectivity index (χ3v) is 10.7. The Morgan fingerprint density at radius 3 is 1.31 bits per heavy atom. The van der Waals surface area contributed by atoms with E-state index in [4.69, 9.17) is 11.8 Å². The van der Waals surface area contributed by atoms with E-state index in [0.717, 1.165) is 24.9 Å². The van der Waals surface area contributed by atoms with Crippen LogP contribution >= 0.6 is 6.04 Å². The van der Waals surface area contributed by atoms with Crippen molar-refractivity contribution in [3.63, 3.8) is 0 Å². The van der Waals surface area contributed by atoms with Crippen molar-refractivity contribution in [2.75, 3.05) is 6.54 Å². The number of rotatable bonds is 9. The molecule has 32 heavy (non-hydrogen) atoms. The minimum Gasteiger partial charge on any atom is -0.291 e. The van der Waals surface area contributed by atoms with Gasteiger partial charge in [0.15, 0.2) is 0 Å². The van der Waals surface area contributed by atoms with Gasteiger partial charge in [0, 0.05) is 25.7 Å². The molecule has 0 atom stereocenters. The summed E-state index contributed by atoms with van der Waals surface area (Å²) >= 11 is 6.49. The van der Waals surface area contributed by atoms with Crippen LogP contribution in [0.15, 0.2) is 133 Å². The third kappa shape index (κ3) is 5.34. The molecule has 0 N–H and O–H groups in total. The van der Waals surface area contributed by atoms with E-state index in [9.17, 15) is 0 Å². The molecule has 1 nitrogen and oxygen atoms in total. The molecule has 3 heteroatoms. The van der Waals surface area contributed by atoms with Crippen LogP contribution in [0.25, 0.3) is 0 Å². The fourth-order valence-electron chi connectivity index (χ4n) is 4.00. The van der Waals surface area contributed by atoms with Crippen molar-refractivity contribution in [1.29, 1.82) is 0 Å². The Balaban J connectivity index is 1.67. The zero-order valence-electron chi connectivity index (χ0n) is 18.2. The molecule has 0 bridgehead atoms. The van der Waals surface area contributed by atoms with Crippen LogP contribution in [0.1, 0.15) is 11.1 Å². The van der Waals surface area contributed by atoms with Crippen LogP contribution in [0.2, 0.25) is 0 Å². The van der Waals surface area contributed by atoms with Gasteiger partial charge in [-0.2, -0.15) is 0 Å². The average Bonchev–Trinajstić information content (AvgIpc) is 2.86. The van der Waals surface area contributed by atoms with E-state index >= 15 is 0 Å². The summed E-state index contributed by atoms with van der Waals surface area (Å²) in [6.45, 7) is 7.07. The highest BCUT2D eigenvalue weighted by atomic mass is 32.4. The first kappa shape index (κ1) is 22.4. The van der Waals surface area contributed by atoms with Gasteiger partial charge in [0.1, 0.15) is 0 Å². The Bertz CT molecular complexity index is 1090. The predicted molar refractivity (Wildman–Crippen MR) is 143 cm³/mol. The molecule has 0 heterocycles. The molecule has 0 aliphatic rings. The van der Waals surface area contributed by atoms with Gasteiger partial charge in [-0.05, 0) is 27.1 Å². The highest BCUT2D eigenvalue weighted by molar-refractivity contribution is 8.23. The fourth-order valence-corrected chi connectivity index (χ4v) is 7.51. The monoisotopic (exact) mass is 453 g/mol. The van der Waals surface area contributed by atoms with Crippen LogP contribution < -0.4 is 10.6 Å². The lowest BCUT2D eigenvalue weighted by Gasteiger charge is -2.31. The first-order chi connectivity index (χ1) is 15.7. The summed E-state index contributed by atoms with van der Waals surface area (Å²) in [5.41, 5.74) is 2.59. The van der Waals surface area contributed by atoms with Gasteiger partial charge >= 0.3 is 0 Å². The quantitative estimate of drug-likeness (QED) is 0.272. The summed E-state index contributed by atoms with van der Waals surface area (Å²) in [5, 5.41) is 3.52. The Hall–Kier alpha value is -2.77. The molecular formula is C29H28NPS. The molecule has 0 unspecified atom stereocenters. The van der Waals surface area contributed by atoms with E-state index in [1.165, 1.54) is 21.7 Å². The molecule has 0 amide bonds. The smallest absolute Gasteiger partial charge is 0.0347 e. The van der Waals surface area contributed by atoms with Crippen LogP contribution in [0.4, 0.5) is 0 Å². The second-order valence-corrected chi connectivity index (χ2v) is 12.5. The molecular weight excluding hydrogens is 425 g/mol. The topological polar surface area (TPSA) is 3.24 Å². The van der Waals surface area contributed by atoms with Crippen LogP contribution in [0.3, 0.4) is 0 Å². The first-order valence-corrected chi connectivity index (χ1v) is 13.7. The maximum atomic E-state index is 6.49. The van der Waals surface area contributed by atoms with E-state index in [2.05, 4.69) is 121 Å². The van der Waals surface area contributed by atoms with Crippen molar-refractivity contribution >= 4 is 28.5 Å². The van der Waals surface area contributed by atoms with Crippen molar-refractivity contribution in [3.05, 3.63) is 144 Å². The first-order valence-electron chi connectivity index (χ1n) is 10.9. The molecule has 0 radical (unpaired) electrons. The largest absolute Gasteiger partial charge is 0.291 e. The fraction of sp³-hybridized carbons (Fsp3) is 0.103. The van der Waals surface area contributed by atoms with Crippen molar-refractivity contribution in [1.82, 2.24) is 4.90 Å². The molecule has 0 aromatic heterocycles. The van der Waals surface area contributed by atoms with Gasteiger partial charge in [-0.25, -0.2) is 0 Å². The minimum atomic E-state index is -2.18. The summed E-state index contributed by atoms with van der Waals surface area (Å²) < 4.78 is 0. The van der Waals surface area contributed by atoms with Gasteiger partial charge in [-0.15, -0.1) is 0 Å². The molecule has 0 saturated heterocycles. The highest BCUT2D eigenvalue weighted by Gasteiger charge is 2.27. The SMILES string of the molecule is C=C(CN(Cc1ccccc1)Cc1ccccc1)P(=S)(c1ccccc1)c1ccccc1. The number of nitrogens with zero attached hydrogens (tertiary/aromatic N) is 1. The van der Waals surface area contributed by atoms with Crippen LogP contribution in [0.5, 0.6) is 0 Å². The summed E-state index contributed by atoms with van der Waals surface area (Å²) in [4.78, 5) is 2.46. The molecule has 0 aliphatic carbocycles. The normalized spacial score (nSPS) is 11.4. The molecule has 0 saturated carbocycles. The molecule has 0 fully saturated rings. The van der Waals surface area contributed by atoms with E-state index < -0.39 is 6.04 Å². The Morgan fingerprint density at radius 1 is 0.594 bits per heavy atom. The van der Waals surface area contributed by atoms with Crippen molar-refractivity contribution in [3.8, 4) is 0 Å². The summed E-state index contributed by atoms with van der Waals surface area (Å²) in [5.74, 6) is 0. The molecule has 0 aliphatic heterocycles. The van der Waals surface area contributed by atoms with Gasteiger partial charge in [-0.1, -0.05) is 140 Å². The maximum Gasteiger partial charge on any atom is 0.0347 e. The predicted octanol–water partition coefficient (Wildman–Crippen LogP) is 6.33. The Labute approximate surface area is 197 Å². The summed E-state index contributed by atoms with van der Waals surface area (Å²) in [6, 6.07) is 40.2. The highest BCUT2D eigenvalue weighted by Crippen LogP contribution is 2.51. The summed E-state index contributed by atoms with van der Waals surface area (Å²) in [6.07, 6.45) is 0. The average molecular weight is 454 g/mol. The van der Waals surface area contributed by atoms with Crippen molar-refractivity contribution in [2.24, 2.45) is 0 Å². The Kier molecular flexibility index (Phi) is 7.50. The van der Waals surface area contributed by atoms with Crippen LogP contribution in [-0.2, 0) is 24.9 Å². The maximum absolute atomic E-state index is 6.49. The van der Waals surface area contributed by atoms with Crippen LogP contribution in [-0.4, -0.2) is 11.4 Å². The summed E-state index contributed by atoms with van der Waals surface area (Å²) in [7, 11) is 0. The number of hydrogen-bond acceptors (Lipinski definition) is 2. The van der Waals surface area contributed by atoms with Gasteiger partial charge in [-0.3, -0.25) is 4.90 Å². The van der Waals surface area contributed by atoms with Gasteiger partial charge in [0.2, 0.25) is 0 Å². The zero-order chi connectivity index (χ0) is 22.2. The van der Waals surface area contributed by atoms with Gasteiger partial charge < -0.3 is 0 Å². The van der Waals surface area contributed by atoms with E-state index in [-0.39, 0.29) is 0 Å². The van der Waals surface area contributed by atoms with Crippen molar-refractivity contribution in [2.45, 2.75) is 13.1 Å². The third-order valence-electron chi connectivity index (χ3n) is 5.59. The lowest BCUT2D eigenvalue weighted by Crippen LogP contribution is -2.28. The van der Waals surface area contributed by atoms with E-state index in [1.54, 1.807) is 0 Å². The number of hydrogen-bond donors (Lipinski definition) is 0. The Morgan fingerprint density at radius 2 is 0.938 bits per heavy atom. The van der Waals surface area contributed by atoms with Gasteiger partial charge in [0.05, 0.1) is 0 Å². The molecule has 160 valence electrons. The lowest BCUT2D eigenvalue weighted by molar-refractivity contribution is 0.284. The minimum absolute atomic E-state index is 0.755. The molecule has 4 aromatic rings. The number of benzene rings is 4.